The summed E-state index contributed by atoms with van der Waals surface area (Å²) < 4.78 is 58.6. The van der Waals surface area contributed by atoms with Crippen molar-refractivity contribution in [2.24, 2.45) is 5.92 Å². The minimum Gasteiger partial charge on any atom is -0.487 e. The summed E-state index contributed by atoms with van der Waals surface area (Å²) in [7, 11) is 0. The Hall–Kier alpha value is -2.90. The lowest BCUT2D eigenvalue weighted by Crippen LogP contribution is -2.58. The van der Waals surface area contributed by atoms with E-state index in [0.717, 1.165) is 0 Å². The smallest absolute Gasteiger partial charge is 0.389 e. The zero-order valence-corrected chi connectivity index (χ0v) is 16.4. The molecule has 1 amide bonds. The van der Waals surface area contributed by atoms with Crippen LogP contribution in [0, 0.1) is 5.92 Å². The van der Waals surface area contributed by atoms with E-state index in [1.54, 1.807) is 50.2 Å². The maximum Gasteiger partial charge on any atom is 0.389 e. The average Bonchev–Trinajstić information content (AvgIpc) is 2.96. The van der Waals surface area contributed by atoms with Crippen molar-refractivity contribution in [3.8, 4) is 17.2 Å². The minimum atomic E-state index is -4.48. The van der Waals surface area contributed by atoms with Gasteiger partial charge in [0.15, 0.2) is 11.5 Å². The van der Waals surface area contributed by atoms with Crippen LogP contribution in [-0.4, -0.2) is 30.9 Å². The molecule has 0 bridgehead atoms. The summed E-state index contributed by atoms with van der Waals surface area (Å²) in [5.74, 6) is -0.511. The van der Waals surface area contributed by atoms with E-state index in [1.807, 2.05) is 0 Å². The number of carbonyl (C=O) groups is 1. The Kier molecular flexibility index (Phi) is 3.85. The fourth-order valence-electron chi connectivity index (χ4n) is 5.05. The Balaban J connectivity index is 1.84. The third-order valence-electron chi connectivity index (χ3n) is 6.20. The normalized spacial score (nSPS) is 25.9. The van der Waals surface area contributed by atoms with E-state index >= 15 is 0 Å². The van der Waals surface area contributed by atoms with Gasteiger partial charge in [-0.1, -0.05) is 18.2 Å². The molecule has 3 heterocycles. The quantitative estimate of drug-likeness (QED) is 0.743. The van der Waals surface area contributed by atoms with Crippen LogP contribution in [0.1, 0.15) is 31.4 Å². The van der Waals surface area contributed by atoms with Gasteiger partial charge in [-0.2, -0.15) is 13.2 Å². The van der Waals surface area contributed by atoms with Crippen molar-refractivity contribution in [1.29, 1.82) is 0 Å². The number of halogens is 3. The molecule has 0 saturated carbocycles. The highest BCUT2D eigenvalue weighted by Gasteiger charge is 2.64. The second-order valence-electron chi connectivity index (χ2n) is 8.38. The Morgan fingerprint density at radius 2 is 1.70 bits per heavy atom. The summed E-state index contributed by atoms with van der Waals surface area (Å²) in [4.78, 5) is 13.5. The molecule has 2 aromatic carbocycles. The van der Waals surface area contributed by atoms with Crippen LogP contribution in [0.5, 0.6) is 17.2 Å². The molecule has 3 aliphatic rings. The first kappa shape index (κ1) is 19.1. The highest BCUT2D eigenvalue weighted by Crippen LogP contribution is 2.60. The number of rotatable bonds is 1. The van der Waals surface area contributed by atoms with Crippen LogP contribution in [0.4, 0.5) is 18.9 Å². The molecule has 3 aliphatic heterocycles. The van der Waals surface area contributed by atoms with E-state index in [4.69, 9.17) is 14.2 Å². The predicted octanol–water partition coefficient (Wildman–Crippen LogP) is 4.44. The molecule has 8 heteroatoms. The number of hydrogen-bond donors (Lipinski definition) is 1. The molecule has 1 spiro atoms. The molecule has 0 radical (unpaired) electrons. The van der Waals surface area contributed by atoms with Gasteiger partial charge in [-0.3, -0.25) is 4.79 Å². The fraction of sp³-hybridized carbons (Fsp3) is 0.409. The molecule has 0 fully saturated rings. The molecule has 1 unspecified atom stereocenters. The van der Waals surface area contributed by atoms with Crippen molar-refractivity contribution < 1.29 is 32.2 Å². The summed E-state index contributed by atoms with van der Waals surface area (Å²) in [5.41, 5.74) is -1.46. The monoisotopic (exact) mass is 419 g/mol. The molecule has 5 nitrogen and oxygen atoms in total. The molecule has 2 atom stereocenters. The number of anilines is 1. The molecule has 1 N–H and O–H groups in total. The van der Waals surface area contributed by atoms with Crippen molar-refractivity contribution in [2.45, 2.75) is 37.5 Å². The zero-order chi connectivity index (χ0) is 21.3. The molecule has 2 aromatic rings. The van der Waals surface area contributed by atoms with Gasteiger partial charge in [0.25, 0.3) is 0 Å². The summed E-state index contributed by atoms with van der Waals surface area (Å²) in [6, 6.07) is 10.1. The molecule has 0 aliphatic carbocycles. The van der Waals surface area contributed by atoms with Crippen molar-refractivity contribution in [1.82, 2.24) is 0 Å². The largest absolute Gasteiger partial charge is 0.487 e. The van der Waals surface area contributed by atoms with E-state index in [9.17, 15) is 18.0 Å². The van der Waals surface area contributed by atoms with Crippen molar-refractivity contribution in [3.63, 3.8) is 0 Å². The highest BCUT2D eigenvalue weighted by atomic mass is 19.4. The molecule has 0 aromatic heterocycles. The fourth-order valence-corrected chi connectivity index (χ4v) is 5.05. The molecular formula is C22H20F3NO4. The number of hydrogen-bond acceptors (Lipinski definition) is 4. The van der Waals surface area contributed by atoms with Gasteiger partial charge in [0, 0.05) is 23.2 Å². The van der Waals surface area contributed by atoms with Gasteiger partial charge in [-0.05, 0) is 31.5 Å². The lowest BCUT2D eigenvalue weighted by molar-refractivity contribution is -0.171. The average molecular weight is 419 g/mol. The SMILES string of the molecule is CC1(C)Oc2cc3c(cc2[C@@]2(C(=O)Nc4ccccc42)C1CC(F)(F)F)OCCO3. The third kappa shape index (κ3) is 2.58. The van der Waals surface area contributed by atoms with E-state index in [0.29, 0.717) is 47.3 Å². The molecule has 30 heavy (non-hydrogen) atoms. The van der Waals surface area contributed by atoms with Gasteiger partial charge in [0.2, 0.25) is 5.91 Å². The summed E-state index contributed by atoms with van der Waals surface area (Å²) in [5, 5.41) is 2.80. The van der Waals surface area contributed by atoms with Crippen LogP contribution in [0.2, 0.25) is 0 Å². The topological polar surface area (TPSA) is 56.8 Å². The highest BCUT2D eigenvalue weighted by molar-refractivity contribution is 6.10. The van der Waals surface area contributed by atoms with Crippen molar-refractivity contribution in [3.05, 3.63) is 47.5 Å². The van der Waals surface area contributed by atoms with Crippen LogP contribution in [0.15, 0.2) is 36.4 Å². The zero-order valence-electron chi connectivity index (χ0n) is 16.4. The van der Waals surface area contributed by atoms with Gasteiger partial charge < -0.3 is 19.5 Å². The van der Waals surface area contributed by atoms with Crippen LogP contribution in [0.3, 0.4) is 0 Å². The van der Waals surface area contributed by atoms with E-state index in [-0.39, 0.29) is 0 Å². The van der Waals surface area contributed by atoms with Gasteiger partial charge in [-0.15, -0.1) is 0 Å². The second kappa shape index (κ2) is 6.06. The number of alkyl halides is 3. The first-order chi connectivity index (χ1) is 14.1. The number of benzene rings is 2. The number of fused-ring (bicyclic) bond motifs is 5. The van der Waals surface area contributed by atoms with Crippen molar-refractivity contribution in [2.75, 3.05) is 18.5 Å². The van der Waals surface area contributed by atoms with Crippen LogP contribution in [0.25, 0.3) is 0 Å². The Labute approximate surface area is 171 Å². The standard InChI is InChI=1S/C22H20F3NO4/c1-20(2)18(11-21(23,24)25)22(12-5-3-4-6-14(12)26-19(22)27)13-9-16-17(10-15(13)30-20)29-8-7-28-16/h3-6,9-10,18H,7-8,11H2,1-2H3,(H,26,27)/t18?,22-/m1/s1. The third-order valence-corrected chi connectivity index (χ3v) is 6.20. The number of ether oxygens (including phenoxy) is 3. The number of amides is 1. The number of carbonyl (C=O) groups excluding carboxylic acids is 1. The number of nitrogens with one attached hydrogen (secondary N) is 1. The van der Waals surface area contributed by atoms with Crippen molar-refractivity contribution >= 4 is 11.6 Å². The minimum absolute atomic E-state index is 0.319. The Morgan fingerprint density at radius 3 is 2.40 bits per heavy atom. The predicted molar refractivity (Wildman–Crippen MR) is 102 cm³/mol. The van der Waals surface area contributed by atoms with E-state index < -0.39 is 35.4 Å². The maximum absolute atomic E-state index is 13.7. The Bertz CT molecular complexity index is 1050. The molecule has 0 saturated heterocycles. The first-order valence-electron chi connectivity index (χ1n) is 9.74. The van der Waals surface area contributed by atoms with E-state index in [1.165, 1.54) is 0 Å². The van der Waals surface area contributed by atoms with Crippen LogP contribution < -0.4 is 19.5 Å². The van der Waals surface area contributed by atoms with Gasteiger partial charge in [-0.25, -0.2) is 0 Å². The summed E-state index contributed by atoms with van der Waals surface area (Å²) in [6.07, 6.45) is -5.66. The maximum atomic E-state index is 13.7. The van der Waals surface area contributed by atoms with Gasteiger partial charge >= 0.3 is 6.18 Å². The van der Waals surface area contributed by atoms with Gasteiger partial charge in [0.1, 0.15) is 30.0 Å². The first-order valence-corrected chi connectivity index (χ1v) is 9.74. The lowest BCUT2D eigenvalue weighted by Gasteiger charge is -2.50. The van der Waals surface area contributed by atoms with Gasteiger partial charge in [0.05, 0.1) is 6.42 Å². The number of para-hydroxylation sites is 1. The summed E-state index contributed by atoms with van der Waals surface area (Å²) in [6.45, 7) is 3.87. The molecule has 158 valence electrons. The molecular weight excluding hydrogens is 399 g/mol. The molecule has 5 rings (SSSR count). The Morgan fingerprint density at radius 1 is 1.03 bits per heavy atom. The lowest BCUT2D eigenvalue weighted by atomic mass is 9.58. The van der Waals surface area contributed by atoms with Crippen LogP contribution in [-0.2, 0) is 10.2 Å². The second-order valence-corrected chi connectivity index (χ2v) is 8.38. The van der Waals surface area contributed by atoms with E-state index in [2.05, 4.69) is 5.32 Å². The van der Waals surface area contributed by atoms with Crippen LogP contribution >= 0.6 is 0 Å². The summed E-state index contributed by atoms with van der Waals surface area (Å²) >= 11 is 0.